The third kappa shape index (κ3) is 4.68. The highest BCUT2D eigenvalue weighted by Crippen LogP contribution is 2.24. The maximum absolute atomic E-state index is 11.0. The number of nitro groups is 2. The summed E-state index contributed by atoms with van der Waals surface area (Å²) in [7, 11) is 0. The third-order valence-electron chi connectivity index (χ3n) is 3.89. The molecule has 0 atom stereocenters. The van der Waals surface area contributed by atoms with Crippen LogP contribution in [0.5, 0.6) is 0 Å². The van der Waals surface area contributed by atoms with Crippen LogP contribution < -0.4 is 4.80 Å². The zero-order valence-electron chi connectivity index (χ0n) is 15.0. The second kappa shape index (κ2) is 8.85. The van der Waals surface area contributed by atoms with Crippen molar-refractivity contribution in [3.8, 4) is 11.3 Å². The Hall–Kier alpha value is -3.92. The second-order valence-corrected chi connectivity index (χ2v) is 6.64. The van der Waals surface area contributed by atoms with Gasteiger partial charge in [0.25, 0.3) is 11.4 Å². The molecule has 3 rings (SSSR count). The largest absolute Gasteiger partial charge is 0.311 e. The maximum Gasteiger partial charge on any atom is 0.270 e. The predicted octanol–water partition coefficient (Wildman–Crippen LogP) is 4.15. The van der Waals surface area contributed by atoms with E-state index in [0.717, 1.165) is 5.69 Å². The minimum Gasteiger partial charge on any atom is -0.311 e. The number of allylic oxidation sites excluding steroid dienone is 1. The molecule has 0 spiro atoms. The molecular weight excluding hydrogens is 394 g/mol. The summed E-state index contributed by atoms with van der Waals surface area (Å²) in [6.07, 6.45) is 3.12. The van der Waals surface area contributed by atoms with Gasteiger partial charge in [0.2, 0.25) is 4.80 Å². The van der Waals surface area contributed by atoms with Crippen LogP contribution in [-0.4, -0.2) is 20.6 Å². The topological polar surface area (TPSA) is 116 Å². The SMILES string of the molecule is C=CCn1c(-c2cccc([N+](=O)[O-])c2)cs/c1=N\N=C/c1cccc([N+](=O)[O-])c1. The monoisotopic (exact) mass is 409 g/mol. The summed E-state index contributed by atoms with van der Waals surface area (Å²) >= 11 is 1.33. The molecule has 0 N–H and O–H groups in total. The van der Waals surface area contributed by atoms with E-state index in [9.17, 15) is 20.2 Å². The summed E-state index contributed by atoms with van der Waals surface area (Å²) < 4.78 is 1.83. The minimum atomic E-state index is -0.475. The minimum absolute atomic E-state index is 0.000958. The van der Waals surface area contributed by atoms with Crippen LogP contribution in [0.1, 0.15) is 5.56 Å². The molecule has 0 fully saturated rings. The molecule has 146 valence electrons. The molecular formula is C19H15N5O4S. The van der Waals surface area contributed by atoms with Crippen LogP contribution in [0.25, 0.3) is 11.3 Å². The van der Waals surface area contributed by atoms with Gasteiger partial charge in [0, 0.05) is 47.3 Å². The van der Waals surface area contributed by atoms with Crippen molar-refractivity contribution in [1.29, 1.82) is 0 Å². The summed E-state index contributed by atoms with van der Waals surface area (Å²) in [5.41, 5.74) is 1.96. The summed E-state index contributed by atoms with van der Waals surface area (Å²) in [6, 6.07) is 12.4. The van der Waals surface area contributed by atoms with Crippen molar-refractivity contribution in [3.63, 3.8) is 0 Å². The molecule has 0 saturated carbocycles. The number of non-ortho nitro benzene ring substituents is 2. The molecule has 1 aromatic heterocycles. The summed E-state index contributed by atoms with van der Waals surface area (Å²) in [5.74, 6) is 0. The van der Waals surface area contributed by atoms with Crippen molar-refractivity contribution >= 4 is 28.9 Å². The van der Waals surface area contributed by atoms with Crippen LogP contribution in [0.15, 0.2) is 76.8 Å². The van der Waals surface area contributed by atoms with Gasteiger partial charge in [-0.2, -0.15) is 5.10 Å². The Labute approximate surface area is 168 Å². The second-order valence-electron chi connectivity index (χ2n) is 5.81. The molecule has 1 heterocycles. The number of thiazole rings is 1. The summed E-state index contributed by atoms with van der Waals surface area (Å²) in [5, 5.41) is 32.0. The van der Waals surface area contributed by atoms with Crippen molar-refractivity contribution in [1.82, 2.24) is 4.57 Å². The zero-order valence-corrected chi connectivity index (χ0v) is 15.9. The number of nitrogens with zero attached hydrogens (tertiary/aromatic N) is 5. The van der Waals surface area contributed by atoms with Crippen LogP contribution in [0, 0.1) is 20.2 Å². The van der Waals surface area contributed by atoms with E-state index < -0.39 is 9.85 Å². The van der Waals surface area contributed by atoms with E-state index in [0.29, 0.717) is 22.5 Å². The molecule has 29 heavy (non-hydrogen) atoms. The van der Waals surface area contributed by atoms with E-state index >= 15 is 0 Å². The Morgan fingerprint density at radius 1 is 1.07 bits per heavy atom. The molecule has 2 aromatic carbocycles. The Kier molecular flexibility index (Phi) is 6.05. The van der Waals surface area contributed by atoms with Crippen molar-refractivity contribution in [3.05, 3.63) is 97.2 Å². The molecule has 3 aromatic rings. The fourth-order valence-corrected chi connectivity index (χ4v) is 3.46. The third-order valence-corrected chi connectivity index (χ3v) is 4.75. The number of aromatic nitrogens is 1. The Balaban J connectivity index is 1.97. The smallest absolute Gasteiger partial charge is 0.270 e. The average Bonchev–Trinajstić information content (AvgIpc) is 3.11. The molecule has 0 amide bonds. The normalized spacial score (nSPS) is 11.7. The molecule has 0 radical (unpaired) electrons. The molecule has 0 saturated heterocycles. The number of benzene rings is 2. The van der Waals surface area contributed by atoms with Gasteiger partial charge in [0.1, 0.15) is 0 Å². The van der Waals surface area contributed by atoms with Crippen LogP contribution in [-0.2, 0) is 6.54 Å². The highest BCUT2D eigenvalue weighted by atomic mass is 32.1. The van der Waals surface area contributed by atoms with Gasteiger partial charge in [-0.3, -0.25) is 20.2 Å². The van der Waals surface area contributed by atoms with Gasteiger partial charge in [-0.25, -0.2) is 0 Å². The first kappa shape index (κ1) is 19.8. The van der Waals surface area contributed by atoms with Crippen molar-refractivity contribution in [2.75, 3.05) is 0 Å². The predicted molar refractivity (Wildman–Crippen MR) is 111 cm³/mol. The van der Waals surface area contributed by atoms with E-state index in [-0.39, 0.29) is 11.4 Å². The Morgan fingerprint density at radius 3 is 2.45 bits per heavy atom. The quantitative estimate of drug-likeness (QED) is 0.252. The van der Waals surface area contributed by atoms with E-state index in [1.54, 1.807) is 30.3 Å². The van der Waals surface area contributed by atoms with Crippen molar-refractivity contribution in [2.45, 2.75) is 6.54 Å². The van der Waals surface area contributed by atoms with E-state index in [1.165, 1.54) is 41.8 Å². The molecule has 0 aliphatic rings. The lowest BCUT2D eigenvalue weighted by Crippen LogP contribution is -2.14. The number of nitro benzene ring substituents is 2. The Bertz CT molecular complexity index is 1180. The van der Waals surface area contributed by atoms with Gasteiger partial charge in [-0.15, -0.1) is 23.0 Å². The first-order chi connectivity index (χ1) is 14.0. The summed E-state index contributed by atoms with van der Waals surface area (Å²) in [6.45, 7) is 4.18. The fraction of sp³-hybridized carbons (Fsp3) is 0.0526. The van der Waals surface area contributed by atoms with Gasteiger partial charge in [-0.05, 0) is 0 Å². The first-order valence-electron chi connectivity index (χ1n) is 8.35. The van der Waals surface area contributed by atoms with Crippen LogP contribution >= 0.6 is 11.3 Å². The van der Waals surface area contributed by atoms with Crippen LogP contribution in [0.2, 0.25) is 0 Å². The van der Waals surface area contributed by atoms with Gasteiger partial charge in [0.15, 0.2) is 0 Å². The molecule has 0 bridgehead atoms. The van der Waals surface area contributed by atoms with Gasteiger partial charge in [0.05, 0.1) is 21.8 Å². The van der Waals surface area contributed by atoms with E-state index in [1.807, 2.05) is 9.95 Å². The van der Waals surface area contributed by atoms with Gasteiger partial charge in [-0.1, -0.05) is 30.3 Å². The van der Waals surface area contributed by atoms with Gasteiger partial charge >= 0.3 is 0 Å². The zero-order chi connectivity index (χ0) is 20.8. The lowest BCUT2D eigenvalue weighted by atomic mass is 10.1. The Morgan fingerprint density at radius 2 is 1.76 bits per heavy atom. The highest BCUT2D eigenvalue weighted by molar-refractivity contribution is 7.07. The molecule has 0 unspecified atom stereocenters. The summed E-state index contributed by atoms with van der Waals surface area (Å²) in [4.78, 5) is 21.5. The highest BCUT2D eigenvalue weighted by Gasteiger charge is 2.11. The first-order valence-corrected chi connectivity index (χ1v) is 9.23. The lowest BCUT2D eigenvalue weighted by molar-refractivity contribution is -0.385. The van der Waals surface area contributed by atoms with Crippen molar-refractivity contribution in [2.24, 2.45) is 10.2 Å². The molecule has 10 heteroatoms. The average molecular weight is 409 g/mol. The number of hydrogen-bond donors (Lipinski definition) is 0. The van der Waals surface area contributed by atoms with Crippen LogP contribution in [0.4, 0.5) is 11.4 Å². The molecule has 0 aliphatic heterocycles. The molecule has 9 nitrogen and oxygen atoms in total. The maximum atomic E-state index is 11.0. The van der Waals surface area contributed by atoms with Crippen molar-refractivity contribution < 1.29 is 9.85 Å². The lowest BCUT2D eigenvalue weighted by Gasteiger charge is -2.06. The van der Waals surface area contributed by atoms with Crippen LogP contribution in [0.3, 0.4) is 0 Å². The fourth-order valence-electron chi connectivity index (χ4n) is 2.59. The molecule has 0 aliphatic carbocycles. The van der Waals surface area contributed by atoms with Gasteiger partial charge < -0.3 is 4.57 Å². The standard InChI is InChI=1S/C19H15N5O4S/c1-2-9-22-18(15-6-4-8-17(11-15)24(27)28)13-29-19(22)21-20-12-14-5-3-7-16(10-14)23(25)26/h2-8,10-13H,1,9H2/b20-12-,21-19-. The van der Waals surface area contributed by atoms with E-state index in [4.69, 9.17) is 0 Å². The number of rotatable bonds is 7. The van der Waals surface area contributed by atoms with E-state index in [2.05, 4.69) is 16.8 Å². The number of hydrogen-bond acceptors (Lipinski definition) is 7.